The summed E-state index contributed by atoms with van der Waals surface area (Å²) in [5.41, 5.74) is 2.91. The molecule has 0 saturated carbocycles. The van der Waals surface area contributed by atoms with Crippen LogP contribution in [0.3, 0.4) is 0 Å². The zero-order valence-electron chi connectivity index (χ0n) is 21.8. The second-order valence-corrected chi connectivity index (χ2v) is 12.6. The van der Waals surface area contributed by atoms with Gasteiger partial charge in [0.1, 0.15) is 12.4 Å². The van der Waals surface area contributed by atoms with E-state index in [4.69, 9.17) is 32.7 Å². The summed E-state index contributed by atoms with van der Waals surface area (Å²) in [6.45, 7) is 3.99. The molecule has 1 aromatic heterocycles. The number of allylic oxidation sites excluding steroid dienone is 1. The van der Waals surface area contributed by atoms with Gasteiger partial charge < -0.3 is 9.47 Å². The van der Waals surface area contributed by atoms with E-state index in [1.807, 2.05) is 36.4 Å². The minimum Gasteiger partial charge on any atom is -0.486 e. The average Bonchev–Trinajstić information content (AvgIpc) is 3.23. The number of thiazole rings is 1. The molecule has 210 valence electrons. The maximum Gasteiger partial charge on any atom is 0.338 e. The lowest BCUT2D eigenvalue weighted by molar-refractivity contribution is -0.139. The number of esters is 1. The van der Waals surface area contributed by atoms with Crippen molar-refractivity contribution >= 4 is 78.4 Å². The number of carbonyl (C=O) groups is 1. The predicted molar refractivity (Wildman–Crippen MR) is 169 cm³/mol. The molecule has 0 bridgehead atoms. The predicted octanol–water partition coefficient (Wildman–Crippen LogP) is 7.21. The van der Waals surface area contributed by atoms with Crippen LogP contribution < -0.4 is 19.6 Å². The first-order valence-corrected chi connectivity index (χ1v) is 15.6. The van der Waals surface area contributed by atoms with Crippen molar-refractivity contribution in [2.24, 2.45) is 4.99 Å². The second kappa shape index (κ2) is 12.7. The van der Waals surface area contributed by atoms with E-state index in [-0.39, 0.29) is 12.2 Å². The first kappa shape index (κ1) is 29.8. The summed E-state index contributed by atoms with van der Waals surface area (Å²) in [6, 6.07) is 17.6. The van der Waals surface area contributed by atoms with Crippen LogP contribution in [0.15, 0.2) is 90.7 Å². The lowest BCUT2D eigenvalue weighted by Gasteiger charge is -2.24. The number of nitrogens with zero attached hydrogens (tertiary/aromatic N) is 2. The second-order valence-electron chi connectivity index (χ2n) is 9.05. The minimum atomic E-state index is -0.705. The molecule has 5 rings (SSSR count). The lowest BCUT2D eigenvalue weighted by Crippen LogP contribution is -2.39. The number of rotatable bonds is 7. The number of fused-ring (bicyclic) bond motifs is 1. The monoisotopic (exact) mass is 734 g/mol. The molecule has 0 radical (unpaired) electrons. The summed E-state index contributed by atoms with van der Waals surface area (Å²) >= 11 is 20.8. The van der Waals surface area contributed by atoms with Gasteiger partial charge in [-0.25, -0.2) is 9.79 Å². The summed E-state index contributed by atoms with van der Waals surface area (Å²) in [5.74, 6) is 0.101. The first-order chi connectivity index (χ1) is 19.7. The highest BCUT2D eigenvalue weighted by atomic mass is 79.9. The normalized spacial score (nSPS) is 15.0. The maximum absolute atomic E-state index is 13.9. The Balaban J connectivity index is 1.56. The van der Waals surface area contributed by atoms with Crippen molar-refractivity contribution in [3.05, 3.63) is 127 Å². The van der Waals surface area contributed by atoms with Crippen LogP contribution in [0.5, 0.6) is 5.75 Å². The molecule has 0 N–H and O–H groups in total. The maximum atomic E-state index is 13.9. The Kier molecular flexibility index (Phi) is 9.21. The highest BCUT2D eigenvalue weighted by molar-refractivity contribution is 9.11. The topological polar surface area (TPSA) is 69.9 Å². The summed E-state index contributed by atoms with van der Waals surface area (Å²) in [7, 11) is 0. The Hall–Kier alpha value is -2.69. The minimum absolute atomic E-state index is 0.204. The molecule has 6 nitrogen and oxygen atoms in total. The van der Waals surface area contributed by atoms with Gasteiger partial charge in [-0.2, -0.15) is 0 Å². The number of hydrogen-bond donors (Lipinski definition) is 0. The van der Waals surface area contributed by atoms with E-state index in [0.29, 0.717) is 52.0 Å². The summed E-state index contributed by atoms with van der Waals surface area (Å²) in [6.07, 6.45) is 1.79. The molecule has 0 fully saturated rings. The van der Waals surface area contributed by atoms with Crippen LogP contribution >= 0.6 is 66.4 Å². The molecular weight excluding hydrogens is 715 g/mol. The van der Waals surface area contributed by atoms with Crippen LogP contribution in [0.25, 0.3) is 6.08 Å². The van der Waals surface area contributed by atoms with E-state index in [0.717, 1.165) is 16.7 Å². The van der Waals surface area contributed by atoms with E-state index in [1.165, 1.54) is 11.3 Å². The molecule has 3 aromatic carbocycles. The third-order valence-electron chi connectivity index (χ3n) is 6.35. The van der Waals surface area contributed by atoms with Gasteiger partial charge in [-0.3, -0.25) is 9.36 Å². The zero-order valence-corrected chi connectivity index (χ0v) is 27.3. The Bertz CT molecular complexity index is 1840. The van der Waals surface area contributed by atoms with Crippen LogP contribution in [-0.2, 0) is 16.1 Å². The largest absolute Gasteiger partial charge is 0.486 e. The van der Waals surface area contributed by atoms with Crippen LogP contribution in [0.4, 0.5) is 0 Å². The van der Waals surface area contributed by atoms with Crippen molar-refractivity contribution in [2.75, 3.05) is 6.61 Å². The van der Waals surface area contributed by atoms with Gasteiger partial charge in [0.15, 0.2) is 4.80 Å². The SMILES string of the molecule is CCOC(=O)C1=C(C)N=c2s/c(=C\c3cc(Br)c(OCc4ccccc4Cl)c(Br)c3)c(=O)n2[C@@H]1c1ccc(Cl)cc1. The van der Waals surface area contributed by atoms with Crippen LogP contribution in [0.1, 0.15) is 36.6 Å². The van der Waals surface area contributed by atoms with Gasteiger partial charge in [-0.15, -0.1) is 0 Å². The van der Waals surface area contributed by atoms with Gasteiger partial charge in [-0.1, -0.05) is 64.9 Å². The molecule has 0 unspecified atom stereocenters. The third-order valence-corrected chi connectivity index (χ3v) is 9.13. The van der Waals surface area contributed by atoms with Gasteiger partial charge >= 0.3 is 5.97 Å². The Labute approximate surface area is 266 Å². The molecule has 0 spiro atoms. The van der Waals surface area contributed by atoms with Crippen molar-refractivity contribution in [3.8, 4) is 5.75 Å². The van der Waals surface area contributed by atoms with Gasteiger partial charge in [0, 0.05) is 15.6 Å². The molecule has 0 aliphatic carbocycles. The van der Waals surface area contributed by atoms with Crippen molar-refractivity contribution in [1.82, 2.24) is 4.57 Å². The molecule has 0 saturated heterocycles. The number of benzene rings is 3. The number of aromatic nitrogens is 1. The van der Waals surface area contributed by atoms with Gasteiger partial charge in [0.25, 0.3) is 5.56 Å². The van der Waals surface area contributed by atoms with E-state index in [9.17, 15) is 9.59 Å². The summed E-state index contributed by atoms with van der Waals surface area (Å²) in [5, 5.41) is 1.18. The smallest absolute Gasteiger partial charge is 0.338 e. The number of hydrogen-bond acceptors (Lipinski definition) is 6. The molecule has 2 heterocycles. The fourth-order valence-corrected chi connectivity index (χ4v) is 7.28. The Morgan fingerprint density at radius 1 is 1.10 bits per heavy atom. The standard InChI is InChI=1S/C30H22Br2Cl2N2O4S/c1-3-39-29(38)25-16(2)35-30-36(26(25)18-8-10-20(33)11-9-18)28(37)24(41-30)14-17-12-21(31)27(22(32)13-17)40-15-19-6-4-5-7-23(19)34/h4-14,26H,3,15H2,1-2H3/b24-14-/t26-/m1/s1. The Morgan fingerprint density at radius 2 is 1.78 bits per heavy atom. The van der Waals surface area contributed by atoms with E-state index >= 15 is 0 Å². The fourth-order valence-electron chi connectivity index (χ4n) is 4.47. The molecular formula is C30H22Br2Cl2N2O4S. The molecule has 4 aromatic rings. The third kappa shape index (κ3) is 6.24. The highest BCUT2D eigenvalue weighted by Gasteiger charge is 2.33. The van der Waals surface area contributed by atoms with Crippen molar-refractivity contribution in [3.63, 3.8) is 0 Å². The summed E-state index contributed by atoms with van der Waals surface area (Å²) < 4.78 is 14.8. The van der Waals surface area contributed by atoms with Crippen LogP contribution in [-0.4, -0.2) is 17.1 Å². The van der Waals surface area contributed by atoms with Gasteiger partial charge in [0.2, 0.25) is 0 Å². The molecule has 1 atom stereocenters. The molecule has 1 aliphatic heterocycles. The average molecular weight is 737 g/mol. The van der Waals surface area contributed by atoms with Crippen molar-refractivity contribution < 1.29 is 14.3 Å². The molecule has 0 amide bonds. The first-order valence-electron chi connectivity index (χ1n) is 12.5. The van der Waals surface area contributed by atoms with E-state index in [2.05, 4.69) is 36.9 Å². The highest BCUT2D eigenvalue weighted by Crippen LogP contribution is 2.36. The van der Waals surface area contributed by atoms with Gasteiger partial charge in [0.05, 0.1) is 37.4 Å². The van der Waals surface area contributed by atoms with E-state index < -0.39 is 12.0 Å². The molecule has 1 aliphatic rings. The van der Waals surface area contributed by atoms with Crippen molar-refractivity contribution in [2.45, 2.75) is 26.5 Å². The Morgan fingerprint density at radius 3 is 2.44 bits per heavy atom. The fraction of sp³-hybridized carbons (Fsp3) is 0.167. The van der Waals surface area contributed by atoms with Crippen molar-refractivity contribution in [1.29, 1.82) is 0 Å². The quantitative estimate of drug-likeness (QED) is 0.188. The van der Waals surface area contributed by atoms with Gasteiger partial charge in [-0.05, 0) is 93.2 Å². The number of halogens is 4. The molecule has 11 heteroatoms. The van der Waals surface area contributed by atoms with E-state index in [1.54, 1.807) is 48.8 Å². The lowest BCUT2D eigenvalue weighted by atomic mass is 9.96. The van der Waals surface area contributed by atoms with Crippen LogP contribution in [0, 0.1) is 0 Å². The summed E-state index contributed by atoms with van der Waals surface area (Å²) in [4.78, 5) is 32.0. The number of ether oxygens (including phenoxy) is 2. The number of carbonyl (C=O) groups excluding carboxylic acids is 1. The molecule has 41 heavy (non-hydrogen) atoms. The van der Waals surface area contributed by atoms with Crippen LogP contribution in [0.2, 0.25) is 10.0 Å². The zero-order chi connectivity index (χ0) is 29.3.